The van der Waals surface area contributed by atoms with Crippen LogP contribution in [0.15, 0.2) is 53.6 Å². The van der Waals surface area contributed by atoms with Crippen molar-refractivity contribution in [3.63, 3.8) is 0 Å². The Bertz CT molecular complexity index is 1310. The fourth-order valence-electron chi connectivity index (χ4n) is 3.69. The standard InChI is InChI=1S/C20H17F2N7O2/c21-20(22)7-9-31-14(20)11-28-19(30)29-17(27-28)15(13-6-8-24-25-10-13)16(26-18(29)23)12-4-2-1-3-5-12/h1-6,8,10,14H,7,9,11H2,(H2,23,26)/t14-/m0/s1. The maximum atomic E-state index is 14.1. The van der Waals surface area contributed by atoms with E-state index in [1.54, 1.807) is 6.07 Å². The van der Waals surface area contributed by atoms with Crippen molar-refractivity contribution in [2.45, 2.75) is 25.0 Å². The van der Waals surface area contributed by atoms with Crippen LogP contribution in [0.2, 0.25) is 0 Å². The molecule has 158 valence electrons. The molecule has 0 aliphatic carbocycles. The number of halogens is 2. The minimum atomic E-state index is -3.04. The highest BCUT2D eigenvalue weighted by Crippen LogP contribution is 2.35. The highest BCUT2D eigenvalue weighted by Gasteiger charge is 2.46. The summed E-state index contributed by atoms with van der Waals surface area (Å²) in [5.41, 5.74) is 7.95. The summed E-state index contributed by atoms with van der Waals surface area (Å²) in [6.07, 6.45) is 1.18. The lowest BCUT2D eigenvalue weighted by molar-refractivity contribution is -0.0760. The van der Waals surface area contributed by atoms with Gasteiger partial charge in [-0.3, -0.25) is 0 Å². The monoisotopic (exact) mass is 425 g/mol. The lowest BCUT2D eigenvalue weighted by atomic mass is 10.0. The Hall–Kier alpha value is -3.73. The molecule has 31 heavy (non-hydrogen) atoms. The fraction of sp³-hybridized carbons (Fsp3) is 0.250. The molecule has 3 aromatic heterocycles. The third-order valence-corrected chi connectivity index (χ3v) is 5.24. The molecule has 0 bridgehead atoms. The second kappa shape index (κ2) is 7.20. The molecule has 0 saturated carbocycles. The molecular formula is C20H17F2N7O2. The predicted molar refractivity (Wildman–Crippen MR) is 107 cm³/mol. The second-order valence-corrected chi connectivity index (χ2v) is 7.18. The van der Waals surface area contributed by atoms with E-state index in [4.69, 9.17) is 10.5 Å². The van der Waals surface area contributed by atoms with E-state index >= 15 is 0 Å². The molecule has 1 aliphatic heterocycles. The van der Waals surface area contributed by atoms with Crippen LogP contribution in [0, 0.1) is 0 Å². The van der Waals surface area contributed by atoms with Gasteiger partial charge in [-0.05, 0) is 6.07 Å². The largest absolute Gasteiger partial charge is 0.370 e. The van der Waals surface area contributed by atoms with Crippen LogP contribution in [0.1, 0.15) is 6.42 Å². The van der Waals surface area contributed by atoms with Crippen molar-refractivity contribution in [1.82, 2.24) is 29.4 Å². The Labute approximate surface area is 174 Å². The van der Waals surface area contributed by atoms with E-state index in [-0.39, 0.29) is 18.2 Å². The van der Waals surface area contributed by atoms with Crippen molar-refractivity contribution in [1.29, 1.82) is 0 Å². The maximum absolute atomic E-state index is 14.1. The second-order valence-electron chi connectivity index (χ2n) is 7.18. The number of nitrogens with two attached hydrogens (primary N) is 1. The predicted octanol–water partition coefficient (Wildman–Crippen LogP) is 2.02. The third kappa shape index (κ3) is 3.22. The molecule has 2 N–H and O–H groups in total. The van der Waals surface area contributed by atoms with Crippen LogP contribution in [0.3, 0.4) is 0 Å². The van der Waals surface area contributed by atoms with Crippen molar-refractivity contribution in [3.05, 3.63) is 59.3 Å². The average molecular weight is 425 g/mol. The van der Waals surface area contributed by atoms with Gasteiger partial charge in [0.2, 0.25) is 5.95 Å². The van der Waals surface area contributed by atoms with Gasteiger partial charge >= 0.3 is 5.69 Å². The highest BCUT2D eigenvalue weighted by atomic mass is 19.3. The zero-order valence-electron chi connectivity index (χ0n) is 16.2. The summed E-state index contributed by atoms with van der Waals surface area (Å²) in [4.78, 5) is 17.4. The Balaban J connectivity index is 1.76. The number of hydrogen-bond donors (Lipinski definition) is 1. The number of nitrogen functional groups attached to an aromatic ring is 1. The number of anilines is 1. The Morgan fingerprint density at radius 1 is 1.16 bits per heavy atom. The van der Waals surface area contributed by atoms with Gasteiger partial charge in [0.1, 0.15) is 6.10 Å². The number of hydrogen-bond acceptors (Lipinski definition) is 7. The van der Waals surface area contributed by atoms with Crippen molar-refractivity contribution >= 4 is 11.6 Å². The van der Waals surface area contributed by atoms with Crippen LogP contribution < -0.4 is 11.4 Å². The average Bonchev–Trinajstić information content (AvgIpc) is 3.28. The van der Waals surface area contributed by atoms with Gasteiger partial charge < -0.3 is 10.5 Å². The van der Waals surface area contributed by atoms with Gasteiger partial charge in [0.15, 0.2) is 5.65 Å². The molecular weight excluding hydrogens is 408 g/mol. The highest BCUT2D eigenvalue weighted by molar-refractivity contribution is 5.90. The van der Waals surface area contributed by atoms with Gasteiger partial charge in [0.25, 0.3) is 5.92 Å². The Kier molecular flexibility index (Phi) is 4.47. The van der Waals surface area contributed by atoms with E-state index in [1.807, 2.05) is 30.3 Å². The summed E-state index contributed by atoms with van der Waals surface area (Å²) < 4.78 is 35.3. The van der Waals surface area contributed by atoms with Crippen LogP contribution in [0.4, 0.5) is 14.7 Å². The fourth-order valence-corrected chi connectivity index (χ4v) is 3.69. The molecule has 1 aliphatic rings. The number of alkyl halides is 2. The number of rotatable bonds is 4. The van der Waals surface area contributed by atoms with Gasteiger partial charge in [-0.1, -0.05) is 30.3 Å². The van der Waals surface area contributed by atoms with E-state index in [1.165, 1.54) is 12.4 Å². The number of ether oxygens (including phenoxy) is 1. The summed E-state index contributed by atoms with van der Waals surface area (Å²) in [6, 6.07) is 10.9. The van der Waals surface area contributed by atoms with E-state index in [9.17, 15) is 13.6 Å². The number of nitrogens with zero attached hydrogens (tertiary/aromatic N) is 6. The SMILES string of the molecule is Nc1nc(-c2ccccc2)c(-c2ccnnc2)c2nn(C[C@@H]3OCCC3(F)F)c(=O)n12. The number of benzene rings is 1. The van der Waals surface area contributed by atoms with E-state index in [0.717, 1.165) is 14.6 Å². The molecule has 4 heterocycles. The quantitative estimate of drug-likeness (QED) is 0.532. The molecule has 4 aromatic rings. The van der Waals surface area contributed by atoms with Crippen molar-refractivity contribution < 1.29 is 13.5 Å². The maximum Gasteiger partial charge on any atom is 0.353 e. The first-order valence-electron chi connectivity index (χ1n) is 9.56. The summed E-state index contributed by atoms with van der Waals surface area (Å²) in [5.74, 6) is -3.14. The van der Waals surface area contributed by atoms with Gasteiger partial charge in [-0.2, -0.15) is 10.2 Å². The molecule has 0 spiro atoms. The van der Waals surface area contributed by atoms with Crippen LogP contribution in [-0.2, 0) is 11.3 Å². The van der Waals surface area contributed by atoms with Gasteiger partial charge in [0.05, 0.1) is 36.8 Å². The molecule has 1 atom stereocenters. The van der Waals surface area contributed by atoms with Crippen LogP contribution in [0.25, 0.3) is 28.0 Å². The van der Waals surface area contributed by atoms with Gasteiger partial charge in [0, 0.05) is 17.5 Å². The van der Waals surface area contributed by atoms with Crippen LogP contribution >= 0.6 is 0 Å². The molecule has 1 fully saturated rings. The van der Waals surface area contributed by atoms with Gasteiger partial charge in [-0.15, -0.1) is 5.10 Å². The normalized spacial score (nSPS) is 17.9. The first kappa shape index (κ1) is 19.2. The van der Waals surface area contributed by atoms with Crippen molar-refractivity contribution in [2.75, 3.05) is 12.3 Å². The smallest absolute Gasteiger partial charge is 0.353 e. The number of fused-ring (bicyclic) bond motifs is 1. The molecule has 1 aromatic carbocycles. The minimum Gasteiger partial charge on any atom is -0.370 e. The summed E-state index contributed by atoms with van der Waals surface area (Å²) >= 11 is 0. The molecule has 5 rings (SSSR count). The Morgan fingerprint density at radius 3 is 2.65 bits per heavy atom. The lowest BCUT2D eigenvalue weighted by Crippen LogP contribution is -2.36. The van der Waals surface area contributed by atoms with Crippen LogP contribution in [0.5, 0.6) is 0 Å². The summed E-state index contributed by atoms with van der Waals surface area (Å²) in [7, 11) is 0. The molecule has 0 unspecified atom stereocenters. The number of aromatic nitrogens is 6. The molecule has 9 nitrogen and oxygen atoms in total. The lowest BCUT2D eigenvalue weighted by Gasteiger charge is -2.16. The first-order valence-corrected chi connectivity index (χ1v) is 9.56. The topological polar surface area (TPSA) is 113 Å². The summed E-state index contributed by atoms with van der Waals surface area (Å²) in [6.45, 7) is -0.475. The molecule has 0 radical (unpaired) electrons. The van der Waals surface area contributed by atoms with E-state index in [0.29, 0.717) is 16.8 Å². The van der Waals surface area contributed by atoms with Gasteiger partial charge in [-0.25, -0.2) is 27.6 Å². The molecule has 1 saturated heterocycles. The zero-order valence-corrected chi connectivity index (χ0v) is 16.2. The van der Waals surface area contributed by atoms with Crippen molar-refractivity contribution in [3.8, 4) is 22.4 Å². The van der Waals surface area contributed by atoms with Crippen molar-refractivity contribution in [2.24, 2.45) is 0 Å². The molecule has 0 amide bonds. The molecule has 11 heteroatoms. The van der Waals surface area contributed by atoms with Crippen LogP contribution in [-0.4, -0.2) is 48.0 Å². The first-order chi connectivity index (χ1) is 15.0. The zero-order chi connectivity index (χ0) is 21.6. The third-order valence-electron chi connectivity index (χ3n) is 5.24. The summed E-state index contributed by atoms with van der Waals surface area (Å²) in [5, 5.41) is 12.0. The van der Waals surface area contributed by atoms with E-state index < -0.39 is 30.7 Å². The minimum absolute atomic E-state index is 0.0738. The Morgan fingerprint density at radius 2 is 1.97 bits per heavy atom. The van der Waals surface area contributed by atoms with E-state index in [2.05, 4.69) is 20.3 Å².